The SMILES string of the molecule is CCC(CCO)NS(=O)(=O)c1ncccc1F. The predicted molar refractivity (Wildman–Crippen MR) is 60.3 cm³/mol. The average Bonchev–Trinajstić information content (AvgIpc) is 2.28. The zero-order valence-electron chi connectivity index (χ0n) is 9.43. The summed E-state index contributed by atoms with van der Waals surface area (Å²) in [5.41, 5.74) is 0. The fraction of sp³-hybridized carbons (Fsp3) is 0.500. The third-order valence-electron chi connectivity index (χ3n) is 2.27. The Morgan fingerprint density at radius 2 is 2.29 bits per heavy atom. The van der Waals surface area contributed by atoms with Crippen LogP contribution in [0.25, 0.3) is 0 Å². The Balaban J connectivity index is 2.92. The summed E-state index contributed by atoms with van der Waals surface area (Å²) in [5, 5.41) is 8.15. The lowest BCUT2D eigenvalue weighted by Gasteiger charge is -2.15. The van der Waals surface area contributed by atoms with Gasteiger partial charge >= 0.3 is 0 Å². The molecule has 0 radical (unpaired) electrons. The van der Waals surface area contributed by atoms with Gasteiger partial charge in [0.25, 0.3) is 10.0 Å². The van der Waals surface area contributed by atoms with Gasteiger partial charge in [0.2, 0.25) is 5.03 Å². The first kappa shape index (κ1) is 14.0. The minimum atomic E-state index is -3.97. The van der Waals surface area contributed by atoms with E-state index < -0.39 is 26.9 Å². The van der Waals surface area contributed by atoms with Gasteiger partial charge in [0.1, 0.15) is 0 Å². The van der Waals surface area contributed by atoms with Crippen LogP contribution in [0.15, 0.2) is 23.4 Å². The number of halogens is 1. The van der Waals surface area contributed by atoms with Crippen LogP contribution < -0.4 is 4.72 Å². The molecular formula is C10H15FN2O3S. The highest BCUT2D eigenvalue weighted by Gasteiger charge is 2.23. The van der Waals surface area contributed by atoms with Gasteiger partial charge in [0.15, 0.2) is 5.82 Å². The number of nitrogens with one attached hydrogen (secondary N) is 1. The second-order valence-electron chi connectivity index (χ2n) is 3.53. The molecule has 1 atom stereocenters. The lowest BCUT2D eigenvalue weighted by atomic mass is 10.2. The molecule has 0 fully saturated rings. The number of aromatic nitrogens is 1. The number of sulfonamides is 1. The Kier molecular flexibility index (Phi) is 4.98. The summed E-state index contributed by atoms with van der Waals surface area (Å²) >= 11 is 0. The van der Waals surface area contributed by atoms with Gasteiger partial charge in [-0.3, -0.25) is 0 Å². The Labute approximate surface area is 99.7 Å². The smallest absolute Gasteiger partial charge is 0.261 e. The van der Waals surface area contributed by atoms with E-state index in [0.29, 0.717) is 6.42 Å². The van der Waals surface area contributed by atoms with Crippen molar-refractivity contribution in [1.82, 2.24) is 9.71 Å². The summed E-state index contributed by atoms with van der Waals surface area (Å²) in [6.45, 7) is 1.64. The summed E-state index contributed by atoms with van der Waals surface area (Å²) in [6.07, 6.45) is 2.00. The Bertz CT molecular complexity index is 464. The molecule has 0 saturated carbocycles. The average molecular weight is 262 g/mol. The van der Waals surface area contributed by atoms with E-state index in [4.69, 9.17) is 5.11 Å². The highest BCUT2D eigenvalue weighted by Crippen LogP contribution is 2.11. The van der Waals surface area contributed by atoms with Crippen molar-refractivity contribution in [2.75, 3.05) is 6.61 Å². The number of aliphatic hydroxyl groups excluding tert-OH is 1. The Hall–Kier alpha value is -1.05. The largest absolute Gasteiger partial charge is 0.396 e. The van der Waals surface area contributed by atoms with Gasteiger partial charge in [-0.1, -0.05) is 6.92 Å². The van der Waals surface area contributed by atoms with E-state index >= 15 is 0 Å². The van der Waals surface area contributed by atoms with E-state index in [-0.39, 0.29) is 13.0 Å². The highest BCUT2D eigenvalue weighted by atomic mass is 32.2. The molecule has 1 aromatic rings. The molecule has 0 saturated heterocycles. The van der Waals surface area contributed by atoms with Crippen molar-refractivity contribution in [2.24, 2.45) is 0 Å². The molecule has 0 aromatic carbocycles. The summed E-state index contributed by atoms with van der Waals surface area (Å²) in [5.74, 6) is -0.890. The molecule has 0 aliphatic carbocycles. The number of aliphatic hydroxyl groups is 1. The lowest BCUT2D eigenvalue weighted by molar-refractivity contribution is 0.270. The van der Waals surface area contributed by atoms with Crippen LogP contribution in [0.5, 0.6) is 0 Å². The van der Waals surface area contributed by atoms with Crippen LogP contribution in [0.4, 0.5) is 4.39 Å². The molecule has 5 nitrogen and oxygen atoms in total. The molecule has 1 heterocycles. The molecule has 96 valence electrons. The second-order valence-corrected chi connectivity index (χ2v) is 5.16. The van der Waals surface area contributed by atoms with E-state index in [2.05, 4.69) is 9.71 Å². The monoisotopic (exact) mass is 262 g/mol. The molecule has 0 aliphatic rings. The number of hydrogen-bond donors (Lipinski definition) is 2. The maximum absolute atomic E-state index is 13.3. The first-order chi connectivity index (χ1) is 8.01. The van der Waals surface area contributed by atoms with E-state index in [1.165, 1.54) is 12.3 Å². The molecule has 1 rings (SSSR count). The zero-order chi connectivity index (χ0) is 12.9. The molecule has 2 N–H and O–H groups in total. The predicted octanol–water partition coefficient (Wildman–Crippen LogP) is 0.660. The van der Waals surface area contributed by atoms with Gasteiger partial charge in [-0.25, -0.2) is 22.5 Å². The van der Waals surface area contributed by atoms with Crippen LogP contribution in [0, 0.1) is 5.82 Å². The molecule has 1 aromatic heterocycles. The van der Waals surface area contributed by atoms with Crippen LogP contribution >= 0.6 is 0 Å². The summed E-state index contributed by atoms with van der Waals surface area (Å²) in [6, 6.07) is 1.93. The minimum absolute atomic E-state index is 0.133. The molecule has 1 unspecified atom stereocenters. The van der Waals surface area contributed by atoms with Crippen molar-refractivity contribution in [3.63, 3.8) is 0 Å². The fourth-order valence-corrected chi connectivity index (χ4v) is 2.71. The van der Waals surface area contributed by atoms with E-state index in [1.54, 1.807) is 6.92 Å². The zero-order valence-corrected chi connectivity index (χ0v) is 10.2. The third-order valence-corrected chi connectivity index (χ3v) is 3.72. The first-order valence-electron chi connectivity index (χ1n) is 5.25. The Morgan fingerprint density at radius 1 is 1.59 bits per heavy atom. The van der Waals surface area contributed by atoms with E-state index in [9.17, 15) is 12.8 Å². The maximum Gasteiger partial charge on any atom is 0.261 e. The number of pyridine rings is 1. The van der Waals surface area contributed by atoms with E-state index in [0.717, 1.165) is 6.07 Å². The van der Waals surface area contributed by atoms with Crippen LogP contribution in [-0.2, 0) is 10.0 Å². The molecule has 0 aliphatic heterocycles. The maximum atomic E-state index is 13.3. The topological polar surface area (TPSA) is 79.3 Å². The molecule has 17 heavy (non-hydrogen) atoms. The standard InChI is InChI=1S/C10H15FN2O3S/c1-2-8(5-7-14)13-17(15,16)10-9(11)4-3-6-12-10/h3-4,6,8,13-14H,2,5,7H2,1H3. The Morgan fingerprint density at radius 3 is 2.82 bits per heavy atom. The number of nitrogens with zero attached hydrogens (tertiary/aromatic N) is 1. The van der Waals surface area contributed by atoms with Crippen LogP contribution in [0.1, 0.15) is 19.8 Å². The molecule has 0 amide bonds. The van der Waals surface area contributed by atoms with Crippen LogP contribution in [0.3, 0.4) is 0 Å². The minimum Gasteiger partial charge on any atom is -0.396 e. The fourth-order valence-electron chi connectivity index (χ4n) is 1.35. The van der Waals surface area contributed by atoms with Crippen LogP contribution in [-0.4, -0.2) is 31.2 Å². The number of hydrogen-bond acceptors (Lipinski definition) is 4. The van der Waals surface area contributed by atoms with Crippen molar-refractivity contribution in [1.29, 1.82) is 0 Å². The van der Waals surface area contributed by atoms with Gasteiger partial charge in [0, 0.05) is 18.8 Å². The second kappa shape index (κ2) is 6.04. The van der Waals surface area contributed by atoms with Gasteiger partial charge in [0.05, 0.1) is 0 Å². The van der Waals surface area contributed by atoms with Gasteiger partial charge < -0.3 is 5.11 Å². The van der Waals surface area contributed by atoms with Crippen molar-refractivity contribution < 1.29 is 17.9 Å². The summed E-state index contributed by atoms with van der Waals surface area (Å²) < 4.78 is 39.2. The van der Waals surface area contributed by atoms with Gasteiger partial charge in [-0.05, 0) is 25.0 Å². The number of rotatable bonds is 6. The van der Waals surface area contributed by atoms with Crippen molar-refractivity contribution in [3.05, 3.63) is 24.1 Å². The molecular weight excluding hydrogens is 247 g/mol. The van der Waals surface area contributed by atoms with Crippen molar-refractivity contribution in [3.8, 4) is 0 Å². The molecule has 0 bridgehead atoms. The molecule has 7 heteroatoms. The van der Waals surface area contributed by atoms with Crippen molar-refractivity contribution in [2.45, 2.75) is 30.8 Å². The normalized spacial score (nSPS) is 13.6. The molecule has 0 spiro atoms. The third kappa shape index (κ3) is 3.72. The summed E-state index contributed by atoms with van der Waals surface area (Å²) in [7, 11) is -3.97. The van der Waals surface area contributed by atoms with E-state index in [1.807, 2.05) is 0 Å². The van der Waals surface area contributed by atoms with Gasteiger partial charge in [-0.15, -0.1) is 0 Å². The quantitative estimate of drug-likeness (QED) is 0.789. The van der Waals surface area contributed by atoms with Crippen molar-refractivity contribution >= 4 is 10.0 Å². The van der Waals surface area contributed by atoms with Crippen LogP contribution in [0.2, 0.25) is 0 Å². The lowest BCUT2D eigenvalue weighted by Crippen LogP contribution is -2.35. The van der Waals surface area contributed by atoms with Gasteiger partial charge in [-0.2, -0.15) is 0 Å². The highest BCUT2D eigenvalue weighted by molar-refractivity contribution is 7.89. The summed E-state index contributed by atoms with van der Waals surface area (Å²) in [4.78, 5) is 3.51. The first-order valence-corrected chi connectivity index (χ1v) is 6.73.